The zero-order valence-corrected chi connectivity index (χ0v) is 9.76. The molecular formula is C12H20N2O. The molecule has 15 heavy (non-hydrogen) atoms. The molecule has 84 valence electrons. The Morgan fingerprint density at radius 3 is 2.33 bits per heavy atom. The van der Waals surface area contributed by atoms with E-state index >= 15 is 0 Å². The van der Waals surface area contributed by atoms with Crippen molar-refractivity contribution in [3.63, 3.8) is 0 Å². The molecule has 0 aromatic heterocycles. The van der Waals surface area contributed by atoms with E-state index in [0.717, 1.165) is 18.7 Å². The number of hydrogen-bond donors (Lipinski definition) is 2. The summed E-state index contributed by atoms with van der Waals surface area (Å²) in [5.74, 6) is 0.991. The molecule has 0 aliphatic heterocycles. The molecule has 1 aromatic carbocycles. The van der Waals surface area contributed by atoms with Crippen LogP contribution in [0.2, 0.25) is 0 Å². The lowest BCUT2D eigenvalue weighted by atomic mass is 10.0. The minimum Gasteiger partial charge on any atom is -0.496 e. The lowest BCUT2D eigenvalue weighted by molar-refractivity contribution is 0.408. The molecular weight excluding hydrogens is 188 g/mol. The van der Waals surface area contributed by atoms with E-state index in [1.54, 1.807) is 7.11 Å². The third-order valence-electron chi connectivity index (χ3n) is 2.46. The highest BCUT2D eigenvalue weighted by Gasteiger charge is 2.04. The maximum Gasteiger partial charge on any atom is 0.124 e. The van der Waals surface area contributed by atoms with Crippen molar-refractivity contribution in [2.45, 2.75) is 20.3 Å². The van der Waals surface area contributed by atoms with Crippen LogP contribution in [0.5, 0.6) is 5.75 Å². The number of hydrogen-bond acceptors (Lipinski definition) is 3. The fourth-order valence-electron chi connectivity index (χ4n) is 1.84. The maximum atomic E-state index is 5.37. The van der Waals surface area contributed by atoms with Gasteiger partial charge in [0.15, 0.2) is 0 Å². The van der Waals surface area contributed by atoms with Gasteiger partial charge in [-0.3, -0.25) is 0 Å². The fourth-order valence-corrected chi connectivity index (χ4v) is 1.84. The number of ether oxygens (including phenoxy) is 1. The van der Waals surface area contributed by atoms with E-state index in [4.69, 9.17) is 10.5 Å². The van der Waals surface area contributed by atoms with Gasteiger partial charge in [-0.1, -0.05) is 12.1 Å². The number of nitrogens with two attached hydrogens (primary N) is 1. The third kappa shape index (κ3) is 3.22. The second kappa shape index (κ2) is 5.73. The maximum absolute atomic E-state index is 5.37. The standard InChI is InChI=1S/C12H20N2O/c1-9-6-11(4-5-14-8-13)7-10(2)12(9)15-3/h6-7,14H,4-5,8,13H2,1-3H3. The van der Waals surface area contributed by atoms with Crippen molar-refractivity contribution in [1.82, 2.24) is 5.32 Å². The van der Waals surface area contributed by atoms with Gasteiger partial charge in [-0.25, -0.2) is 0 Å². The van der Waals surface area contributed by atoms with Gasteiger partial charge in [0.1, 0.15) is 5.75 Å². The zero-order valence-electron chi connectivity index (χ0n) is 9.76. The second-order valence-corrected chi connectivity index (χ2v) is 3.72. The van der Waals surface area contributed by atoms with E-state index in [1.807, 2.05) is 0 Å². The van der Waals surface area contributed by atoms with Crippen LogP contribution in [0, 0.1) is 13.8 Å². The molecule has 0 aliphatic carbocycles. The van der Waals surface area contributed by atoms with Crippen LogP contribution in [-0.4, -0.2) is 20.3 Å². The number of nitrogens with one attached hydrogen (secondary N) is 1. The summed E-state index contributed by atoms with van der Waals surface area (Å²) in [6.45, 7) is 5.60. The van der Waals surface area contributed by atoms with E-state index in [9.17, 15) is 0 Å². The quantitative estimate of drug-likeness (QED) is 0.567. The Bertz CT molecular complexity index is 300. The van der Waals surface area contributed by atoms with Crippen molar-refractivity contribution in [3.8, 4) is 5.75 Å². The highest BCUT2D eigenvalue weighted by molar-refractivity contribution is 5.43. The number of methoxy groups -OCH3 is 1. The summed E-state index contributed by atoms with van der Waals surface area (Å²) in [4.78, 5) is 0. The topological polar surface area (TPSA) is 47.3 Å². The van der Waals surface area contributed by atoms with E-state index in [-0.39, 0.29) is 0 Å². The Labute approximate surface area is 91.6 Å². The van der Waals surface area contributed by atoms with Crippen molar-refractivity contribution >= 4 is 0 Å². The van der Waals surface area contributed by atoms with Gasteiger partial charge in [0, 0.05) is 13.2 Å². The largest absolute Gasteiger partial charge is 0.496 e. The molecule has 0 aliphatic rings. The summed E-state index contributed by atoms with van der Waals surface area (Å²) >= 11 is 0. The third-order valence-corrected chi connectivity index (χ3v) is 2.46. The molecule has 0 saturated heterocycles. The summed E-state index contributed by atoms with van der Waals surface area (Å²) in [7, 11) is 1.71. The Morgan fingerprint density at radius 2 is 1.87 bits per heavy atom. The van der Waals surface area contributed by atoms with E-state index in [1.165, 1.54) is 16.7 Å². The molecule has 1 aromatic rings. The molecule has 0 heterocycles. The molecule has 0 amide bonds. The average Bonchev–Trinajstić information content (AvgIpc) is 2.18. The lowest BCUT2D eigenvalue weighted by Crippen LogP contribution is -2.24. The predicted molar refractivity (Wildman–Crippen MR) is 63.2 cm³/mol. The van der Waals surface area contributed by atoms with Gasteiger partial charge in [0.2, 0.25) is 0 Å². The predicted octanol–water partition coefficient (Wildman–Crippen LogP) is 1.36. The van der Waals surface area contributed by atoms with E-state index in [0.29, 0.717) is 6.67 Å². The normalized spacial score (nSPS) is 10.4. The van der Waals surface area contributed by atoms with Crippen molar-refractivity contribution in [1.29, 1.82) is 0 Å². The Hall–Kier alpha value is -1.06. The summed E-state index contributed by atoms with van der Waals surface area (Å²) in [6.07, 6.45) is 1.00. The molecule has 3 N–H and O–H groups in total. The van der Waals surface area contributed by atoms with Crippen LogP contribution in [0.25, 0.3) is 0 Å². The molecule has 0 spiro atoms. The molecule has 0 radical (unpaired) electrons. The molecule has 0 bridgehead atoms. The van der Waals surface area contributed by atoms with Crippen LogP contribution in [0.15, 0.2) is 12.1 Å². The van der Waals surface area contributed by atoms with Gasteiger partial charge in [-0.15, -0.1) is 0 Å². The first-order valence-corrected chi connectivity index (χ1v) is 5.24. The summed E-state index contributed by atoms with van der Waals surface area (Å²) in [5.41, 5.74) is 9.08. The first-order chi connectivity index (χ1) is 7.19. The number of aryl methyl sites for hydroxylation is 2. The second-order valence-electron chi connectivity index (χ2n) is 3.72. The van der Waals surface area contributed by atoms with Crippen LogP contribution in [-0.2, 0) is 6.42 Å². The molecule has 3 heteroatoms. The summed E-state index contributed by atoms with van der Waals surface area (Å²) in [6, 6.07) is 4.34. The van der Waals surface area contributed by atoms with Crippen LogP contribution < -0.4 is 15.8 Å². The average molecular weight is 208 g/mol. The number of benzene rings is 1. The monoisotopic (exact) mass is 208 g/mol. The highest BCUT2D eigenvalue weighted by atomic mass is 16.5. The van der Waals surface area contributed by atoms with E-state index < -0.39 is 0 Å². The SMILES string of the molecule is COc1c(C)cc(CCNCN)cc1C. The van der Waals surface area contributed by atoms with Crippen molar-refractivity contribution in [3.05, 3.63) is 28.8 Å². The molecule has 1 rings (SSSR count). The van der Waals surface area contributed by atoms with Gasteiger partial charge in [-0.2, -0.15) is 0 Å². The van der Waals surface area contributed by atoms with Crippen LogP contribution in [0.1, 0.15) is 16.7 Å². The van der Waals surface area contributed by atoms with Crippen molar-refractivity contribution < 1.29 is 4.74 Å². The molecule has 0 saturated carbocycles. The molecule has 0 unspecified atom stereocenters. The minimum atomic E-state index is 0.536. The summed E-state index contributed by atoms with van der Waals surface area (Å²) < 4.78 is 5.32. The van der Waals surface area contributed by atoms with E-state index in [2.05, 4.69) is 31.3 Å². The first-order valence-electron chi connectivity index (χ1n) is 5.24. The zero-order chi connectivity index (χ0) is 11.3. The van der Waals surface area contributed by atoms with Crippen LogP contribution in [0.3, 0.4) is 0 Å². The fraction of sp³-hybridized carbons (Fsp3) is 0.500. The van der Waals surface area contributed by atoms with Gasteiger partial charge >= 0.3 is 0 Å². The van der Waals surface area contributed by atoms with Gasteiger partial charge in [0.25, 0.3) is 0 Å². The van der Waals surface area contributed by atoms with Crippen LogP contribution >= 0.6 is 0 Å². The highest BCUT2D eigenvalue weighted by Crippen LogP contribution is 2.24. The Kier molecular flexibility index (Phi) is 4.59. The molecule has 3 nitrogen and oxygen atoms in total. The molecule has 0 atom stereocenters. The van der Waals surface area contributed by atoms with Crippen LogP contribution in [0.4, 0.5) is 0 Å². The smallest absolute Gasteiger partial charge is 0.124 e. The van der Waals surface area contributed by atoms with Crippen molar-refractivity contribution in [2.75, 3.05) is 20.3 Å². The number of rotatable bonds is 5. The van der Waals surface area contributed by atoms with Crippen molar-refractivity contribution in [2.24, 2.45) is 5.73 Å². The molecule has 0 fully saturated rings. The van der Waals surface area contributed by atoms with Gasteiger partial charge in [0.05, 0.1) is 7.11 Å². The van der Waals surface area contributed by atoms with Gasteiger partial charge < -0.3 is 15.8 Å². The Morgan fingerprint density at radius 1 is 1.27 bits per heavy atom. The first kappa shape index (κ1) is 12.0. The lowest BCUT2D eigenvalue weighted by Gasteiger charge is -2.11. The Balaban J connectivity index is 2.75. The summed E-state index contributed by atoms with van der Waals surface area (Å²) in [5, 5.41) is 3.11. The minimum absolute atomic E-state index is 0.536. The van der Waals surface area contributed by atoms with Gasteiger partial charge in [-0.05, 0) is 37.0 Å².